The summed E-state index contributed by atoms with van der Waals surface area (Å²) in [6, 6.07) is 9.25. The van der Waals surface area contributed by atoms with Crippen LogP contribution >= 0.6 is 0 Å². The molecule has 2 aromatic heterocycles. The molecule has 42 heavy (non-hydrogen) atoms. The average molecular weight is 596 g/mol. The number of nitrogens with zero attached hydrogens (tertiary/aromatic N) is 2. The average Bonchev–Trinajstić information content (AvgIpc) is 3.34. The van der Waals surface area contributed by atoms with Gasteiger partial charge in [0.25, 0.3) is 0 Å². The first kappa shape index (κ1) is 31.2. The molecule has 12 heteroatoms. The molecule has 3 aromatic rings. The molecule has 1 unspecified atom stereocenters. The van der Waals surface area contributed by atoms with Crippen LogP contribution in [0.4, 0.5) is 26.7 Å². The molecule has 0 bridgehead atoms. The molecule has 7 nitrogen and oxygen atoms in total. The maximum Gasteiger partial charge on any atom is 0.408 e. The van der Waals surface area contributed by atoms with Gasteiger partial charge in [-0.25, -0.2) is 31.7 Å². The minimum atomic E-state index is -2.91. The number of fused-ring (bicyclic) bond motifs is 1. The molecule has 0 spiro atoms. The molecule has 2 heterocycles. The Hall–Kier alpha value is -3.70. The van der Waals surface area contributed by atoms with Crippen molar-refractivity contribution in [2.24, 2.45) is 5.92 Å². The second-order valence-corrected chi connectivity index (χ2v) is 11.6. The summed E-state index contributed by atoms with van der Waals surface area (Å²) in [6.07, 6.45) is -2.48. The minimum Gasteiger partial charge on any atom is -0.459 e. The summed E-state index contributed by atoms with van der Waals surface area (Å²) in [5, 5.41) is 2.71. The van der Waals surface area contributed by atoms with Crippen LogP contribution in [0.25, 0.3) is 5.65 Å². The second kappa shape index (κ2) is 12.7. The molecular formula is C30H34F5N3O4. The van der Waals surface area contributed by atoms with E-state index in [2.05, 4.69) is 10.3 Å². The number of carbonyl (C=O) groups is 2. The number of nitrogens with one attached hydrogen (secondary N) is 1. The van der Waals surface area contributed by atoms with Gasteiger partial charge in [0.15, 0.2) is 11.5 Å². The SMILES string of the molecule is CC(C)(C)OC(=O)C(CC(F)F)c1ccn2cc([C@@H](NC(=O)OCc3ccccc3)C3CCC(F)(F)CC3)nc2c1F. The monoisotopic (exact) mass is 595 g/mol. The van der Waals surface area contributed by atoms with Crippen molar-refractivity contribution in [3.8, 4) is 0 Å². The van der Waals surface area contributed by atoms with E-state index < -0.39 is 60.1 Å². The van der Waals surface area contributed by atoms with Crippen LogP contribution in [0.15, 0.2) is 48.8 Å². The summed E-state index contributed by atoms with van der Waals surface area (Å²) in [4.78, 5) is 29.9. The summed E-state index contributed by atoms with van der Waals surface area (Å²) >= 11 is 0. The predicted molar refractivity (Wildman–Crippen MR) is 144 cm³/mol. The van der Waals surface area contributed by atoms with Gasteiger partial charge in [-0.1, -0.05) is 30.3 Å². The zero-order chi connectivity index (χ0) is 30.7. The second-order valence-electron chi connectivity index (χ2n) is 11.6. The van der Waals surface area contributed by atoms with E-state index in [0.717, 1.165) is 5.56 Å². The van der Waals surface area contributed by atoms with E-state index in [-0.39, 0.29) is 49.2 Å². The lowest BCUT2D eigenvalue weighted by molar-refractivity contribution is -0.158. The molecule has 0 saturated heterocycles. The molecule has 228 valence electrons. The van der Waals surface area contributed by atoms with E-state index in [4.69, 9.17) is 9.47 Å². The fraction of sp³-hybridized carbons (Fsp3) is 0.500. The summed E-state index contributed by atoms with van der Waals surface area (Å²) in [5.74, 6) is -6.86. The fourth-order valence-corrected chi connectivity index (χ4v) is 5.09. The van der Waals surface area contributed by atoms with Crippen LogP contribution in [0.5, 0.6) is 0 Å². The largest absolute Gasteiger partial charge is 0.459 e. The summed E-state index contributed by atoms with van der Waals surface area (Å²) in [5.41, 5.74) is -0.634. The Bertz CT molecular complexity index is 1380. The number of pyridine rings is 1. The summed E-state index contributed by atoms with van der Waals surface area (Å²) in [7, 11) is 0. The molecule has 1 fully saturated rings. The maximum atomic E-state index is 15.8. The third-order valence-electron chi connectivity index (χ3n) is 7.13. The Morgan fingerprint density at radius 2 is 1.79 bits per heavy atom. The maximum absolute atomic E-state index is 15.8. The third-order valence-corrected chi connectivity index (χ3v) is 7.13. The van der Waals surface area contributed by atoms with Gasteiger partial charge in [0.1, 0.15) is 12.2 Å². The topological polar surface area (TPSA) is 81.9 Å². The number of benzene rings is 1. The highest BCUT2D eigenvalue weighted by Crippen LogP contribution is 2.41. The first-order valence-corrected chi connectivity index (χ1v) is 13.8. The van der Waals surface area contributed by atoms with Crippen molar-refractivity contribution in [1.82, 2.24) is 14.7 Å². The Morgan fingerprint density at radius 1 is 1.12 bits per heavy atom. The molecule has 1 aromatic carbocycles. The van der Waals surface area contributed by atoms with Gasteiger partial charge in [-0.15, -0.1) is 0 Å². The van der Waals surface area contributed by atoms with Crippen LogP contribution in [0, 0.1) is 11.7 Å². The van der Waals surface area contributed by atoms with Crippen LogP contribution in [-0.2, 0) is 20.9 Å². The lowest BCUT2D eigenvalue weighted by Crippen LogP contribution is -2.37. The van der Waals surface area contributed by atoms with Crippen LogP contribution in [-0.4, -0.2) is 39.4 Å². The normalized spacial score (nSPS) is 17.2. The number of carbonyl (C=O) groups excluding carboxylic acids is 2. The predicted octanol–water partition coefficient (Wildman–Crippen LogP) is 7.35. The number of imidazole rings is 1. The number of hydrogen-bond donors (Lipinski definition) is 1. The van der Waals surface area contributed by atoms with E-state index in [1.807, 2.05) is 6.07 Å². The number of halogens is 5. The molecular weight excluding hydrogens is 561 g/mol. The minimum absolute atomic E-state index is 0.0263. The molecule has 4 rings (SSSR count). The van der Waals surface area contributed by atoms with Gasteiger partial charge in [-0.2, -0.15) is 0 Å². The van der Waals surface area contributed by atoms with Crippen LogP contribution in [0.1, 0.15) is 81.7 Å². The third kappa shape index (κ3) is 7.98. The number of ether oxygens (including phenoxy) is 2. The first-order valence-electron chi connectivity index (χ1n) is 13.8. The molecule has 1 aliphatic rings. The molecule has 2 atom stereocenters. The quantitative estimate of drug-likeness (QED) is 0.207. The van der Waals surface area contributed by atoms with Crippen molar-refractivity contribution in [1.29, 1.82) is 0 Å². The standard InChI is InChI=1S/C30H34F5N3O4/c1-29(2,3)42-27(39)21(15-23(31)32)20-11-14-38-16-22(36-26(38)24(20)33)25(19-9-12-30(34,35)13-10-19)37-28(40)41-17-18-7-5-4-6-8-18/h4-8,11,14,16,19,21,23,25H,9-10,12-13,15,17H2,1-3H3,(H,37,40)/t21?,25-/m0/s1. The number of rotatable bonds is 9. The van der Waals surface area contributed by atoms with Gasteiger partial charge in [0.05, 0.1) is 17.7 Å². The van der Waals surface area contributed by atoms with Crippen molar-refractivity contribution in [3.05, 3.63) is 71.4 Å². The Labute approximate surface area is 240 Å². The molecule has 1 amide bonds. The number of esters is 1. The number of amides is 1. The van der Waals surface area contributed by atoms with Crippen molar-refractivity contribution in [2.75, 3.05) is 0 Å². The van der Waals surface area contributed by atoms with Crippen molar-refractivity contribution in [2.45, 2.75) is 89.4 Å². The number of hydrogen-bond acceptors (Lipinski definition) is 5. The highest BCUT2D eigenvalue weighted by molar-refractivity contribution is 5.79. The van der Waals surface area contributed by atoms with E-state index in [1.165, 1.54) is 22.9 Å². The summed E-state index contributed by atoms with van der Waals surface area (Å²) in [6.45, 7) is 4.69. The smallest absolute Gasteiger partial charge is 0.408 e. The number of alkyl carbamates (subject to hydrolysis) is 1. The molecule has 1 aliphatic carbocycles. The van der Waals surface area contributed by atoms with Crippen molar-refractivity contribution in [3.63, 3.8) is 0 Å². The van der Waals surface area contributed by atoms with E-state index in [1.54, 1.807) is 45.0 Å². The Morgan fingerprint density at radius 3 is 2.40 bits per heavy atom. The van der Waals surface area contributed by atoms with Gasteiger partial charge in [-0.3, -0.25) is 4.79 Å². The number of aromatic nitrogens is 2. The van der Waals surface area contributed by atoms with Crippen LogP contribution < -0.4 is 5.32 Å². The van der Waals surface area contributed by atoms with Gasteiger partial charge in [-0.05, 0) is 51.2 Å². The van der Waals surface area contributed by atoms with Crippen molar-refractivity contribution < 1.29 is 41.0 Å². The van der Waals surface area contributed by atoms with Gasteiger partial charge >= 0.3 is 12.1 Å². The molecule has 1 saturated carbocycles. The zero-order valence-corrected chi connectivity index (χ0v) is 23.6. The van der Waals surface area contributed by atoms with E-state index in [0.29, 0.717) is 0 Å². The highest BCUT2D eigenvalue weighted by atomic mass is 19.3. The Balaban J connectivity index is 1.64. The zero-order valence-electron chi connectivity index (χ0n) is 23.6. The van der Waals surface area contributed by atoms with Gasteiger partial charge in [0.2, 0.25) is 12.3 Å². The lowest BCUT2D eigenvalue weighted by Gasteiger charge is -2.33. The molecule has 1 N–H and O–H groups in total. The fourth-order valence-electron chi connectivity index (χ4n) is 5.09. The number of alkyl halides is 4. The molecule has 0 aliphatic heterocycles. The van der Waals surface area contributed by atoms with Gasteiger partial charge in [0, 0.05) is 37.2 Å². The molecule has 0 radical (unpaired) electrons. The van der Waals surface area contributed by atoms with Crippen LogP contribution in [0.3, 0.4) is 0 Å². The van der Waals surface area contributed by atoms with Crippen LogP contribution in [0.2, 0.25) is 0 Å². The Kier molecular flexibility index (Phi) is 9.42. The summed E-state index contributed by atoms with van der Waals surface area (Å²) < 4.78 is 82.4. The van der Waals surface area contributed by atoms with E-state index in [9.17, 15) is 27.2 Å². The van der Waals surface area contributed by atoms with Gasteiger partial charge < -0.3 is 19.2 Å². The van der Waals surface area contributed by atoms with Crippen molar-refractivity contribution >= 4 is 17.7 Å². The lowest BCUT2D eigenvalue weighted by atomic mass is 9.81. The van der Waals surface area contributed by atoms with E-state index >= 15 is 4.39 Å². The first-order chi connectivity index (χ1) is 19.7. The highest BCUT2D eigenvalue weighted by Gasteiger charge is 2.40.